The number of anilines is 6. The largest absolute Gasteiger partial charge is 0.311 e. The van der Waals surface area contributed by atoms with E-state index in [1.54, 1.807) is 0 Å². The van der Waals surface area contributed by atoms with Gasteiger partial charge in [0.05, 0.1) is 0 Å². The molecule has 0 amide bonds. The molecule has 6 aromatic carbocycles. The van der Waals surface area contributed by atoms with Crippen LogP contribution in [0.5, 0.6) is 0 Å². The second-order valence-corrected chi connectivity index (χ2v) is 14.5. The Bertz CT molecular complexity index is 1720. The van der Waals surface area contributed by atoms with Gasteiger partial charge < -0.3 is 9.80 Å². The van der Waals surface area contributed by atoms with Crippen LogP contribution in [0.15, 0.2) is 165 Å². The lowest BCUT2D eigenvalue weighted by atomic mass is 9.65. The van der Waals surface area contributed by atoms with E-state index in [9.17, 15) is 0 Å². The van der Waals surface area contributed by atoms with Crippen LogP contribution < -0.4 is 9.80 Å². The summed E-state index contributed by atoms with van der Waals surface area (Å²) in [5, 5.41) is 0. The molecular weight excluding hydrogens is 661 g/mol. The number of benzene rings is 6. The van der Waals surface area contributed by atoms with Crippen LogP contribution in [0, 0.1) is 0 Å². The molecule has 0 aromatic heterocycles. The highest BCUT2D eigenvalue weighted by Gasteiger charge is 2.36. The molecule has 48 heavy (non-hydrogen) atoms. The molecule has 0 aliphatic heterocycles. The van der Waals surface area contributed by atoms with Crippen molar-refractivity contribution in [2.45, 2.75) is 57.1 Å². The first kappa shape index (κ1) is 32.8. The average molecular weight is 699 g/mol. The number of nitrogens with zero attached hydrogens (tertiary/aromatic N) is 2. The van der Waals surface area contributed by atoms with E-state index in [0.717, 1.165) is 66.5 Å². The van der Waals surface area contributed by atoms with Crippen LogP contribution >= 0.6 is 50.5 Å². The lowest BCUT2D eigenvalue weighted by Crippen LogP contribution is -2.30. The molecule has 7 rings (SSSR count). The maximum Gasteiger partial charge on any atom is 0.0462 e. The van der Waals surface area contributed by atoms with Gasteiger partial charge in [-0.05, 0) is 145 Å². The van der Waals surface area contributed by atoms with Gasteiger partial charge in [-0.15, -0.1) is 50.5 Å². The standard InChI is InChI=1S/C42H38N2S4/c45-38-20-12-34(13-21-38)43(35-14-22-39(46)23-15-35)32-8-4-30(5-9-32)42(28-2-1-3-29-42)31-6-10-33(11-7-31)44(36-16-24-40(47)25-17-36)37-18-26-41(48)27-19-37/h4-27,45-48H,1-3,28-29H2. The maximum atomic E-state index is 4.53. The summed E-state index contributed by atoms with van der Waals surface area (Å²) in [7, 11) is 0. The van der Waals surface area contributed by atoms with Gasteiger partial charge in [0.15, 0.2) is 0 Å². The second kappa shape index (κ2) is 14.4. The van der Waals surface area contributed by atoms with Crippen LogP contribution in [-0.4, -0.2) is 0 Å². The molecule has 1 aliphatic carbocycles. The molecule has 0 radical (unpaired) electrons. The zero-order chi connectivity index (χ0) is 33.1. The van der Waals surface area contributed by atoms with Gasteiger partial charge in [0.1, 0.15) is 0 Å². The molecule has 0 spiro atoms. The van der Waals surface area contributed by atoms with E-state index < -0.39 is 0 Å². The number of thiol groups is 4. The minimum atomic E-state index is -0.0340. The summed E-state index contributed by atoms with van der Waals surface area (Å²) in [5.74, 6) is 0. The first-order chi connectivity index (χ1) is 23.4. The van der Waals surface area contributed by atoms with Gasteiger partial charge in [0.25, 0.3) is 0 Å². The van der Waals surface area contributed by atoms with Gasteiger partial charge in [-0.3, -0.25) is 0 Å². The van der Waals surface area contributed by atoms with Gasteiger partial charge in [0, 0.05) is 59.1 Å². The molecule has 1 saturated carbocycles. The fraction of sp³-hybridized carbons (Fsp3) is 0.143. The van der Waals surface area contributed by atoms with Crippen molar-refractivity contribution in [1.29, 1.82) is 0 Å². The molecule has 0 saturated heterocycles. The van der Waals surface area contributed by atoms with Crippen LogP contribution in [0.1, 0.15) is 43.2 Å². The van der Waals surface area contributed by atoms with Crippen molar-refractivity contribution < 1.29 is 0 Å². The van der Waals surface area contributed by atoms with Gasteiger partial charge in [0.2, 0.25) is 0 Å². The third-order valence-electron chi connectivity index (χ3n) is 9.49. The van der Waals surface area contributed by atoms with E-state index in [0.29, 0.717) is 0 Å². The highest BCUT2D eigenvalue weighted by atomic mass is 32.1. The minimum absolute atomic E-state index is 0.0340. The maximum absolute atomic E-state index is 4.53. The predicted molar refractivity (Wildman–Crippen MR) is 215 cm³/mol. The normalized spacial score (nSPS) is 14.0. The van der Waals surface area contributed by atoms with Crippen molar-refractivity contribution in [3.8, 4) is 0 Å². The third-order valence-corrected chi connectivity index (χ3v) is 10.7. The van der Waals surface area contributed by atoms with Crippen molar-refractivity contribution in [2.24, 2.45) is 0 Å². The molecule has 1 aliphatic rings. The molecule has 6 aromatic rings. The third kappa shape index (κ3) is 6.90. The Kier molecular flexibility index (Phi) is 9.88. The summed E-state index contributed by atoms with van der Waals surface area (Å²) < 4.78 is 0. The van der Waals surface area contributed by atoms with Crippen LogP contribution in [0.2, 0.25) is 0 Å². The topological polar surface area (TPSA) is 6.48 Å². The van der Waals surface area contributed by atoms with E-state index >= 15 is 0 Å². The Morgan fingerprint density at radius 3 is 0.792 bits per heavy atom. The van der Waals surface area contributed by atoms with Crippen LogP contribution in [0.3, 0.4) is 0 Å². The predicted octanol–water partition coefficient (Wildman–Crippen LogP) is 13.0. The van der Waals surface area contributed by atoms with Crippen molar-refractivity contribution in [3.63, 3.8) is 0 Å². The smallest absolute Gasteiger partial charge is 0.0462 e. The first-order valence-corrected chi connectivity index (χ1v) is 18.2. The van der Waals surface area contributed by atoms with Gasteiger partial charge >= 0.3 is 0 Å². The molecule has 2 nitrogen and oxygen atoms in total. The molecule has 0 bridgehead atoms. The summed E-state index contributed by atoms with van der Waals surface area (Å²) in [5.41, 5.74) is 9.32. The van der Waals surface area contributed by atoms with Gasteiger partial charge in [-0.25, -0.2) is 0 Å². The molecule has 1 fully saturated rings. The second-order valence-electron chi connectivity index (χ2n) is 12.5. The SMILES string of the molecule is Sc1ccc(N(c2ccc(S)cc2)c2ccc(C3(c4ccc(N(c5ccc(S)cc5)c5ccc(S)cc5)cc4)CCCCC3)cc2)cc1. The fourth-order valence-electron chi connectivity index (χ4n) is 7.06. The van der Waals surface area contributed by atoms with Gasteiger partial charge in [-0.1, -0.05) is 43.5 Å². The lowest BCUT2D eigenvalue weighted by Gasteiger charge is -2.39. The quantitative estimate of drug-likeness (QED) is 0.118. The number of hydrogen-bond acceptors (Lipinski definition) is 6. The minimum Gasteiger partial charge on any atom is -0.311 e. The molecule has 0 heterocycles. The van der Waals surface area contributed by atoms with Crippen molar-refractivity contribution in [1.82, 2.24) is 0 Å². The molecule has 0 unspecified atom stereocenters. The molecular formula is C42H38N2S4. The Hall–Kier alpha value is -3.68. The number of hydrogen-bond donors (Lipinski definition) is 4. The Morgan fingerprint density at radius 2 is 0.542 bits per heavy atom. The Balaban J connectivity index is 1.25. The Labute approximate surface area is 306 Å². The van der Waals surface area contributed by atoms with Crippen LogP contribution in [0.4, 0.5) is 34.1 Å². The summed E-state index contributed by atoms with van der Waals surface area (Å²) in [6, 6.07) is 51.8. The highest BCUT2D eigenvalue weighted by molar-refractivity contribution is 7.80. The molecule has 6 heteroatoms. The van der Waals surface area contributed by atoms with Crippen molar-refractivity contribution >= 4 is 84.6 Å². The molecule has 240 valence electrons. The van der Waals surface area contributed by atoms with Crippen molar-refractivity contribution in [2.75, 3.05) is 9.80 Å². The van der Waals surface area contributed by atoms with E-state index in [1.165, 1.54) is 30.4 Å². The van der Waals surface area contributed by atoms with E-state index in [4.69, 9.17) is 0 Å². The lowest BCUT2D eigenvalue weighted by molar-refractivity contribution is 0.346. The zero-order valence-corrected chi connectivity index (χ0v) is 30.2. The summed E-state index contributed by atoms with van der Waals surface area (Å²) in [6.07, 6.45) is 6.00. The average Bonchev–Trinajstić information content (AvgIpc) is 3.13. The number of rotatable bonds is 8. The Morgan fingerprint density at radius 1 is 0.312 bits per heavy atom. The highest BCUT2D eigenvalue weighted by Crippen LogP contribution is 2.47. The van der Waals surface area contributed by atoms with Crippen LogP contribution in [0.25, 0.3) is 0 Å². The summed E-state index contributed by atoms with van der Waals surface area (Å²) >= 11 is 18.1. The van der Waals surface area contributed by atoms with E-state index in [1.807, 2.05) is 48.5 Å². The summed E-state index contributed by atoms with van der Waals surface area (Å²) in [4.78, 5) is 8.36. The van der Waals surface area contributed by atoms with Crippen LogP contribution in [-0.2, 0) is 5.41 Å². The first-order valence-electron chi connectivity index (χ1n) is 16.4. The molecule has 0 atom stereocenters. The van der Waals surface area contributed by atoms with E-state index in [2.05, 4.69) is 157 Å². The monoisotopic (exact) mass is 698 g/mol. The van der Waals surface area contributed by atoms with Gasteiger partial charge in [-0.2, -0.15) is 0 Å². The molecule has 0 N–H and O–H groups in total. The van der Waals surface area contributed by atoms with Crippen molar-refractivity contribution in [3.05, 3.63) is 157 Å². The van der Waals surface area contributed by atoms with E-state index in [-0.39, 0.29) is 5.41 Å². The summed E-state index contributed by atoms with van der Waals surface area (Å²) in [6.45, 7) is 0. The fourth-order valence-corrected chi connectivity index (χ4v) is 7.66. The zero-order valence-electron chi connectivity index (χ0n) is 26.6.